The fourth-order valence-electron chi connectivity index (χ4n) is 4.08. The Morgan fingerprint density at radius 2 is 1.91 bits per heavy atom. The molecule has 0 radical (unpaired) electrons. The number of benzene rings is 2. The van der Waals surface area contributed by atoms with Crippen LogP contribution >= 0.6 is 11.6 Å². The Labute approximate surface area is 195 Å². The molecule has 2 aromatic carbocycles. The number of carbonyl (C=O) groups is 2. The molecule has 1 aromatic heterocycles. The fourth-order valence-corrected chi connectivity index (χ4v) is 4.35. The number of aromatic amines is 1. The molecule has 1 fully saturated rings. The van der Waals surface area contributed by atoms with Gasteiger partial charge in [-0.15, -0.1) is 6.42 Å². The summed E-state index contributed by atoms with van der Waals surface area (Å²) < 4.78 is 21.9. The second kappa shape index (κ2) is 8.72. The Balaban J connectivity index is 1.91. The number of aromatic nitrogens is 1. The predicted octanol–water partition coefficient (Wildman–Crippen LogP) is 4.43. The molecule has 0 saturated carbocycles. The molecule has 1 aliphatic rings. The van der Waals surface area contributed by atoms with Crippen LogP contribution in [0.5, 0.6) is 11.5 Å². The van der Waals surface area contributed by atoms with Crippen LogP contribution in [-0.4, -0.2) is 36.4 Å². The van der Waals surface area contributed by atoms with Crippen LogP contribution in [0, 0.1) is 18.3 Å². The van der Waals surface area contributed by atoms with E-state index < -0.39 is 29.6 Å². The van der Waals surface area contributed by atoms with Crippen molar-refractivity contribution >= 4 is 34.4 Å². The predicted molar refractivity (Wildman–Crippen MR) is 122 cm³/mol. The number of H-pyrrole nitrogens is 1. The molecule has 170 valence electrons. The summed E-state index contributed by atoms with van der Waals surface area (Å²) in [5.74, 6) is -1.78. The topological polar surface area (TPSA) is 86.9 Å². The number of ether oxygens (including phenoxy) is 4. The molecule has 1 atom stereocenters. The van der Waals surface area contributed by atoms with Crippen LogP contribution in [0.15, 0.2) is 42.6 Å². The van der Waals surface area contributed by atoms with Crippen LogP contribution in [0.1, 0.15) is 30.9 Å². The lowest BCUT2D eigenvalue weighted by Gasteiger charge is -2.36. The van der Waals surface area contributed by atoms with Gasteiger partial charge in [0.15, 0.2) is 17.4 Å². The van der Waals surface area contributed by atoms with E-state index in [4.69, 9.17) is 37.0 Å². The van der Waals surface area contributed by atoms with Gasteiger partial charge in [0.1, 0.15) is 6.61 Å². The van der Waals surface area contributed by atoms with Gasteiger partial charge in [-0.2, -0.15) is 0 Å². The maximum atomic E-state index is 13.1. The van der Waals surface area contributed by atoms with Gasteiger partial charge in [0, 0.05) is 36.9 Å². The van der Waals surface area contributed by atoms with Gasteiger partial charge in [0.2, 0.25) is 0 Å². The maximum Gasteiger partial charge on any atom is 0.324 e. The quantitative estimate of drug-likeness (QED) is 0.328. The molecular formula is C25H22ClNO6. The number of terminal acetylenes is 1. The first-order valence-corrected chi connectivity index (χ1v) is 10.6. The number of carbonyl (C=O) groups excluding carboxylic acids is 2. The van der Waals surface area contributed by atoms with Crippen LogP contribution in [0.2, 0.25) is 5.02 Å². The lowest BCUT2D eigenvalue weighted by molar-refractivity contribution is -0.240. The lowest BCUT2D eigenvalue weighted by atomic mass is 9.79. The number of hydrogen-bond acceptors (Lipinski definition) is 6. The standard InChI is InChI=1S/C25H22ClNO6/c1-5-10-31-22-17(26)11-14(12-19(22)30-4)20(16-13-27-18-9-7-6-8-15(16)18)21-23(28)32-25(2,3)33-24(21)29/h1,6-9,11-13,20-21,27H,10H2,2-4H3/t20-/m0/s1. The molecule has 0 aliphatic carbocycles. The van der Waals surface area contributed by atoms with Crippen LogP contribution in [-0.2, 0) is 19.1 Å². The van der Waals surface area contributed by atoms with Crippen LogP contribution in [0.3, 0.4) is 0 Å². The minimum atomic E-state index is -1.35. The Kier molecular flexibility index (Phi) is 5.96. The molecule has 2 heterocycles. The summed E-state index contributed by atoms with van der Waals surface area (Å²) in [6.45, 7) is 3.02. The van der Waals surface area contributed by atoms with Crippen molar-refractivity contribution in [1.82, 2.24) is 4.98 Å². The van der Waals surface area contributed by atoms with Crippen molar-refractivity contribution in [2.45, 2.75) is 25.6 Å². The number of para-hydroxylation sites is 1. The first-order valence-electron chi connectivity index (χ1n) is 10.2. The molecule has 1 saturated heterocycles. The van der Waals surface area contributed by atoms with E-state index in [-0.39, 0.29) is 17.4 Å². The van der Waals surface area contributed by atoms with E-state index in [0.717, 1.165) is 10.9 Å². The molecule has 1 N–H and O–H groups in total. The maximum absolute atomic E-state index is 13.1. The largest absolute Gasteiger partial charge is 0.493 e. The zero-order chi connectivity index (χ0) is 23.8. The van der Waals surface area contributed by atoms with E-state index in [1.54, 1.807) is 18.3 Å². The zero-order valence-corrected chi connectivity index (χ0v) is 19.1. The highest BCUT2D eigenvalue weighted by Crippen LogP contribution is 2.45. The van der Waals surface area contributed by atoms with Crippen molar-refractivity contribution in [3.63, 3.8) is 0 Å². The number of cyclic esters (lactones) is 2. The minimum Gasteiger partial charge on any atom is -0.493 e. The van der Waals surface area contributed by atoms with Gasteiger partial charge in [-0.05, 0) is 29.3 Å². The molecular weight excluding hydrogens is 446 g/mol. The normalized spacial score (nSPS) is 16.6. The number of rotatable bonds is 6. The van der Waals surface area contributed by atoms with Gasteiger partial charge in [-0.1, -0.05) is 35.7 Å². The number of methoxy groups -OCH3 is 1. The second-order valence-corrected chi connectivity index (χ2v) is 8.42. The summed E-state index contributed by atoms with van der Waals surface area (Å²) in [6.07, 6.45) is 7.06. The number of fused-ring (bicyclic) bond motifs is 1. The van der Waals surface area contributed by atoms with Crippen molar-refractivity contribution in [2.75, 3.05) is 13.7 Å². The minimum absolute atomic E-state index is 0.00232. The van der Waals surface area contributed by atoms with Gasteiger partial charge < -0.3 is 23.9 Å². The molecule has 0 bridgehead atoms. The highest BCUT2D eigenvalue weighted by atomic mass is 35.5. The van der Waals surface area contributed by atoms with Crippen LogP contribution < -0.4 is 9.47 Å². The third-order valence-corrected chi connectivity index (χ3v) is 5.68. The highest BCUT2D eigenvalue weighted by molar-refractivity contribution is 6.32. The van der Waals surface area contributed by atoms with E-state index in [2.05, 4.69) is 10.9 Å². The lowest BCUT2D eigenvalue weighted by Crippen LogP contribution is -2.48. The summed E-state index contributed by atoms with van der Waals surface area (Å²) >= 11 is 6.52. The Bertz CT molecular complexity index is 1250. The molecule has 7 nitrogen and oxygen atoms in total. The highest BCUT2D eigenvalue weighted by Gasteiger charge is 2.49. The van der Waals surface area contributed by atoms with E-state index in [9.17, 15) is 9.59 Å². The third-order valence-electron chi connectivity index (χ3n) is 5.40. The fraction of sp³-hybridized carbons (Fsp3) is 0.280. The van der Waals surface area contributed by atoms with Gasteiger partial charge >= 0.3 is 11.9 Å². The smallest absolute Gasteiger partial charge is 0.324 e. The first kappa shape index (κ1) is 22.6. The van der Waals surface area contributed by atoms with Crippen molar-refractivity contribution in [2.24, 2.45) is 5.92 Å². The molecule has 0 spiro atoms. The number of esters is 2. The molecule has 4 rings (SSSR count). The summed E-state index contributed by atoms with van der Waals surface area (Å²) in [6, 6.07) is 10.9. The van der Waals surface area contributed by atoms with Crippen LogP contribution in [0.4, 0.5) is 0 Å². The third kappa shape index (κ3) is 4.22. The van der Waals surface area contributed by atoms with Gasteiger partial charge in [0.25, 0.3) is 5.79 Å². The first-order chi connectivity index (χ1) is 15.8. The van der Waals surface area contributed by atoms with Crippen LogP contribution in [0.25, 0.3) is 10.9 Å². The van der Waals surface area contributed by atoms with Gasteiger partial charge in [-0.25, -0.2) is 0 Å². The average Bonchev–Trinajstić information content (AvgIpc) is 3.18. The summed E-state index contributed by atoms with van der Waals surface area (Å²) in [4.78, 5) is 29.3. The summed E-state index contributed by atoms with van der Waals surface area (Å²) in [5.41, 5.74) is 2.11. The Hall–Kier alpha value is -3.63. The van der Waals surface area contributed by atoms with E-state index in [1.165, 1.54) is 21.0 Å². The van der Waals surface area contributed by atoms with Gasteiger partial charge in [-0.3, -0.25) is 9.59 Å². The number of hydrogen-bond donors (Lipinski definition) is 1. The van der Waals surface area contributed by atoms with E-state index in [1.807, 2.05) is 24.3 Å². The number of nitrogens with one attached hydrogen (secondary N) is 1. The summed E-state index contributed by atoms with van der Waals surface area (Å²) in [7, 11) is 1.46. The van der Waals surface area contributed by atoms with Crippen molar-refractivity contribution < 1.29 is 28.5 Å². The molecule has 33 heavy (non-hydrogen) atoms. The van der Waals surface area contributed by atoms with E-state index >= 15 is 0 Å². The number of halogens is 1. The summed E-state index contributed by atoms with van der Waals surface area (Å²) in [5, 5.41) is 1.07. The Morgan fingerprint density at radius 3 is 2.58 bits per heavy atom. The molecule has 0 amide bonds. The average molecular weight is 468 g/mol. The van der Waals surface area contributed by atoms with Crippen molar-refractivity contribution in [3.8, 4) is 23.8 Å². The van der Waals surface area contributed by atoms with E-state index in [0.29, 0.717) is 16.9 Å². The molecule has 0 unspecified atom stereocenters. The monoisotopic (exact) mass is 467 g/mol. The van der Waals surface area contributed by atoms with Crippen molar-refractivity contribution in [3.05, 3.63) is 58.7 Å². The molecule has 8 heteroatoms. The SMILES string of the molecule is C#CCOc1c(Cl)cc([C@@H](c2c[nH]c3ccccc23)C2C(=O)OC(C)(C)OC2=O)cc1OC. The Morgan fingerprint density at radius 1 is 1.21 bits per heavy atom. The zero-order valence-electron chi connectivity index (χ0n) is 18.3. The van der Waals surface area contributed by atoms with Crippen molar-refractivity contribution in [1.29, 1.82) is 0 Å². The molecule has 1 aliphatic heterocycles. The van der Waals surface area contributed by atoms with Gasteiger partial charge in [0.05, 0.1) is 12.1 Å². The molecule has 3 aromatic rings. The second-order valence-electron chi connectivity index (χ2n) is 8.01.